The number of amides is 1. The Bertz CT molecular complexity index is 930. The van der Waals surface area contributed by atoms with Crippen LogP contribution in [0.15, 0.2) is 30.4 Å². The van der Waals surface area contributed by atoms with Gasteiger partial charge in [-0.2, -0.15) is 0 Å². The molecule has 2 heterocycles. The van der Waals surface area contributed by atoms with Gasteiger partial charge < -0.3 is 20.3 Å². The number of allylic oxidation sites excluding steroid dienone is 2. The highest BCUT2D eigenvalue weighted by molar-refractivity contribution is 6.31. The zero-order valence-corrected chi connectivity index (χ0v) is 14.1. The van der Waals surface area contributed by atoms with Crippen molar-refractivity contribution in [3.8, 4) is 17.2 Å². The fourth-order valence-corrected chi connectivity index (χ4v) is 2.76. The molecule has 1 aliphatic rings. The van der Waals surface area contributed by atoms with Gasteiger partial charge in [-0.1, -0.05) is 18.2 Å². The number of ether oxygens (including phenoxy) is 1. The van der Waals surface area contributed by atoms with Crippen LogP contribution in [0.5, 0.6) is 17.2 Å². The summed E-state index contributed by atoms with van der Waals surface area (Å²) in [5.41, 5.74) is 2.96. The van der Waals surface area contributed by atoms with E-state index in [0.29, 0.717) is 34.0 Å². The molecule has 0 saturated heterocycles. The second-order valence-corrected chi connectivity index (χ2v) is 5.72. The Balaban J connectivity index is 1.96. The Morgan fingerprint density at radius 1 is 1.24 bits per heavy atom. The van der Waals surface area contributed by atoms with Crippen molar-refractivity contribution in [2.75, 3.05) is 12.4 Å². The highest BCUT2D eigenvalue weighted by atomic mass is 16.5. The van der Waals surface area contributed by atoms with Crippen molar-refractivity contribution in [1.82, 2.24) is 4.98 Å². The first-order chi connectivity index (χ1) is 11.9. The van der Waals surface area contributed by atoms with Gasteiger partial charge in [0.25, 0.3) is 5.91 Å². The third-order valence-electron chi connectivity index (χ3n) is 4.09. The van der Waals surface area contributed by atoms with Gasteiger partial charge in [0.15, 0.2) is 11.5 Å². The van der Waals surface area contributed by atoms with Crippen molar-refractivity contribution in [2.24, 2.45) is 0 Å². The van der Waals surface area contributed by atoms with Gasteiger partial charge in [-0.3, -0.25) is 4.79 Å². The number of phenols is 1. The average molecular weight is 338 g/mol. The minimum absolute atomic E-state index is 0.0645. The van der Waals surface area contributed by atoms with Crippen LogP contribution < -0.4 is 10.1 Å². The topological polar surface area (TPSA) is 91.7 Å². The summed E-state index contributed by atoms with van der Waals surface area (Å²) in [6, 6.07) is 4.96. The molecule has 0 aliphatic carbocycles. The number of anilines is 1. The third kappa shape index (κ3) is 2.94. The molecule has 0 atom stereocenters. The molecule has 6 nitrogen and oxygen atoms in total. The van der Waals surface area contributed by atoms with E-state index >= 15 is 0 Å². The molecule has 3 N–H and O–H groups in total. The van der Waals surface area contributed by atoms with E-state index in [1.807, 2.05) is 0 Å². The first-order valence-corrected chi connectivity index (χ1v) is 7.69. The van der Waals surface area contributed by atoms with Gasteiger partial charge in [0.05, 0.1) is 18.4 Å². The third-order valence-corrected chi connectivity index (χ3v) is 4.09. The second-order valence-electron chi connectivity index (χ2n) is 5.72. The maximum Gasteiger partial charge on any atom is 0.257 e. The number of nitrogens with one attached hydrogen (secondary N) is 1. The van der Waals surface area contributed by atoms with Crippen LogP contribution in [0.25, 0.3) is 11.6 Å². The fraction of sp³-hybridized carbons (Fsp3) is 0.158. The molecule has 6 heteroatoms. The quantitative estimate of drug-likeness (QED) is 0.748. The standard InChI is InChI=1S/C19H18N2O4/c1-10-16-13(19(24)21-18(16)20-11(2)17(10)23)6-4-5-12-7-8-14(22)15(9-12)25-3/h4-9,22-23H,1-3H3,(H,20,21,24)/b5-4+,13-6-. The first kappa shape index (κ1) is 16.6. The van der Waals surface area contributed by atoms with E-state index in [1.54, 1.807) is 44.2 Å². The molecule has 1 aromatic heterocycles. The number of aryl methyl sites for hydroxylation is 1. The molecule has 0 saturated carbocycles. The molecule has 3 rings (SSSR count). The molecule has 0 radical (unpaired) electrons. The van der Waals surface area contributed by atoms with Crippen molar-refractivity contribution < 1.29 is 19.7 Å². The highest BCUT2D eigenvalue weighted by Crippen LogP contribution is 2.38. The molecule has 0 unspecified atom stereocenters. The predicted octanol–water partition coefficient (Wildman–Crippen LogP) is 3.17. The van der Waals surface area contributed by atoms with Crippen LogP contribution >= 0.6 is 0 Å². The Morgan fingerprint density at radius 3 is 2.72 bits per heavy atom. The molecule has 128 valence electrons. The lowest BCUT2D eigenvalue weighted by Gasteiger charge is -2.07. The number of carbonyl (C=O) groups excluding carboxylic acids is 1. The molecular weight excluding hydrogens is 320 g/mol. The van der Waals surface area contributed by atoms with E-state index in [2.05, 4.69) is 10.3 Å². The molecule has 25 heavy (non-hydrogen) atoms. The van der Waals surface area contributed by atoms with E-state index in [9.17, 15) is 15.0 Å². The lowest BCUT2D eigenvalue weighted by Crippen LogP contribution is -2.04. The average Bonchev–Trinajstić information content (AvgIpc) is 2.89. The zero-order chi connectivity index (χ0) is 18.1. The fourth-order valence-electron chi connectivity index (χ4n) is 2.76. The van der Waals surface area contributed by atoms with E-state index in [-0.39, 0.29) is 17.4 Å². The van der Waals surface area contributed by atoms with Gasteiger partial charge in [-0.05, 0) is 37.6 Å². The Morgan fingerprint density at radius 2 is 2.00 bits per heavy atom. The Hall–Kier alpha value is -3.28. The van der Waals surface area contributed by atoms with Gasteiger partial charge in [-0.25, -0.2) is 4.98 Å². The lowest BCUT2D eigenvalue weighted by molar-refractivity contribution is -0.110. The summed E-state index contributed by atoms with van der Waals surface area (Å²) in [6.07, 6.45) is 5.19. The summed E-state index contributed by atoms with van der Waals surface area (Å²) in [5, 5.41) is 22.4. The number of benzene rings is 1. The molecular formula is C19H18N2O4. The van der Waals surface area contributed by atoms with Crippen molar-refractivity contribution in [3.63, 3.8) is 0 Å². The van der Waals surface area contributed by atoms with E-state index < -0.39 is 0 Å². The van der Waals surface area contributed by atoms with Crippen molar-refractivity contribution in [2.45, 2.75) is 13.8 Å². The summed E-state index contributed by atoms with van der Waals surface area (Å²) in [7, 11) is 1.48. The van der Waals surface area contributed by atoms with Gasteiger partial charge >= 0.3 is 0 Å². The molecule has 1 amide bonds. The monoisotopic (exact) mass is 338 g/mol. The number of carbonyl (C=O) groups is 1. The number of fused-ring (bicyclic) bond motifs is 1. The number of rotatable bonds is 3. The highest BCUT2D eigenvalue weighted by Gasteiger charge is 2.28. The Labute approximate surface area is 145 Å². The number of hydrogen-bond donors (Lipinski definition) is 3. The van der Waals surface area contributed by atoms with Crippen molar-refractivity contribution >= 4 is 23.4 Å². The van der Waals surface area contributed by atoms with Gasteiger partial charge in [0, 0.05) is 11.1 Å². The SMILES string of the molecule is COc1cc(/C=C/C=C2\C(=O)Nc3nc(C)c(O)c(C)c32)ccc1O. The van der Waals surface area contributed by atoms with Gasteiger partial charge in [0.2, 0.25) is 0 Å². The van der Waals surface area contributed by atoms with E-state index in [0.717, 1.165) is 5.56 Å². The first-order valence-electron chi connectivity index (χ1n) is 7.69. The maximum absolute atomic E-state index is 12.2. The lowest BCUT2D eigenvalue weighted by atomic mass is 10.0. The van der Waals surface area contributed by atoms with Crippen molar-refractivity contribution in [3.05, 3.63) is 52.7 Å². The summed E-state index contributed by atoms with van der Waals surface area (Å²) >= 11 is 0. The number of phenolic OH excluding ortho intramolecular Hbond substituents is 1. The minimum Gasteiger partial charge on any atom is -0.506 e. The van der Waals surface area contributed by atoms with Crippen LogP contribution in [0.2, 0.25) is 0 Å². The maximum atomic E-state index is 12.2. The van der Waals surface area contributed by atoms with Crippen LogP contribution in [0, 0.1) is 13.8 Å². The normalized spacial score (nSPS) is 14.8. The van der Waals surface area contributed by atoms with Crippen LogP contribution in [-0.4, -0.2) is 28.2 Å². The van der Waals surface area contributed by atoms with E-state index in [1.165, 1.54) is 13.2 Å². The number of aromatic hydroxyl groups is 2. The summed E-state index contributed by atoms with van der Waals surface area (Å²) in [5.74, 6) is 0.731. The van der Waals surface area contributed by atoms with Crippen LogP contribution in [0.4, 0.5) is 5.82 Å². The summed E-state index contributed by atoms with van der Waals surface area (Å²) < 4.78 is 5.07. The summed E-state index contributed by atoms with van der Waals surface area (Å²) in [4.78, 5) is 16.4. The molecule has 0 bridgehead atoms. The molecule has 1 aromatic carbocycles. The predicted molar refractivity (Wildman–Crippen MR) is 95.7 cm³/mol. The van der Waals surface area contributed by atoms with Crippen LogP contribution in [-0.2, 0) is 4.79 Å². The van der Waals surface area contributed by atoms with Gasteiger partial charge in [0.1, 0.15) is 11.6 Å². The number of methoxy groups -OCH3 is 1. The summed E-state index contributed by atoms with van der Waals surface area (Å²) in [6.45, 7) is 3.44. The largest absolute Gasteiger partial charge is 0.506 e. The second kappa shape index (κ2) is 6.32. The Kier molecular flexibility index (Phi) is 4.19. The molecule has 0 fully saturated rings. The number of nitrogens with zero attached hydrogens (tertiary/aromatic N) is 1. The molecule has 1 aliphatic heterocycles. The van der Waals surface area contributed by atoms with Crippen LogP contribution in [0.1, 0.15) is 22.4 Å². The number of aromatic nitrogens is 1. The van der Waals surface area contributed by atoms with Gasteiger partial charge in [-0.15, -0.1) is 0 Å². The molecule has 0 spiro atoms. The minimum atomic E-state index is -0.261. The molecule has 2 aromatic rings. The zero-order valence-electron chi connectivity index (χ0n) is 14.1. The van der Waals surface area contributed by atoms with Crippen LogP contribution in [0.3, 0.4) is 0 Å². The van der Waals surface area contributed by atoms with Crippen molar-refractivity contribution in [1.29, 1.82) is 0 Å². The van der Waals surface area contributed by atoms with E-state index in [4.69, 9.17) is 4.74 Å². The number of pyridine rings is 1. The number of hydrogen-bond acceptors (Lipinski definition) is 5. The smallest absolute Gasteiger partial charge is 0.257 e.